The van der Waals surface area contributed by atoms with E-state index < -0.39 is 15.8 Å². The van der Waals surface area contributed by atoms with Crippen molar-refractivity contribution in [1.82, 2.24) is 9.62 Å². The Morgan fingerprint density at radius 1 is 1.11 bits per heavy atom. The number of piperidine rings is 1. The van der Waals surface area contributed by atoms with Gasteiger partial charge in [-0.3, -0.25) is 4.79 Å². The molecule has 0 aromatic heterocycles. The molecule has 0 radical (unpaired) electrons. The van der Waals surface area contributed by atoms with E-state index in [9.17, 15) is 17.6 Å². The van der Waals surface area contributed by atoms with Gasteiger partial charge in [-0.05, 0) is 68.4 Å². The van der Waals surface area contributed by atoms with Gasteiger partial charge in [0.1, 0.15) is 10.7 Å². The number of amides is 1. The number of hydrogen-bond acceptors (Lipinski definition) is 3. The summed E-state index contributed by atoms with van der Waals surface area (Å²) >= 11 is 0. The number of benzene rings is 1. The molecule has 28 heavy (non-hydrogen) atoms. The van der Waals surface area contributed by atoms with Crippen LogP contribution in [0.5, 0.6) is 0 Å². The van der Waals surface area contributed by atoms with E-state index in [1.165, 1.54) is 48.2 Å². The maximum Gasteiger partial charge on any atom is 0.245 e. The lowest BCUT2D eigenvalue weighted by molar-refractivity contribution is -0.126. The molecule has 154 valence electrons. The van der Waals surface area contributed by atoms with Crippen LogP contribution in [0.2, 0.25) is 0 Å². The van der Waals surface area contributed by atoms with Crippen LogP contribution in [0.1, 0.15) is 44.9 Å². The molecule has 1 saturated heterocycles. The highest BCUT2D eigenvalue weighted by Crippen LogP contribution is 2.49. The molecule has 2 saturated carbocycles. The predicted octanol–water partition coefficient (Wildman–Crippen LogP) is 3.17. The van der Waals surface area contributed by atoms with E-state index in [0.29, 0.717) is 12.8 Å². The molecular weight excluding hydrogens is 379 g/mol. The largest absolute Gasteiger partial charge is 0.356 e. The fourth-order valence-electron chi connectivity index (χ4n) is 5.41. The molecule has 4 rings (SSSR count). The van der Waals surface area contributed by atoms with Gasteiger partial charge in [0.15, 0.2) is 0 Å². The first-order valence-corrected chi connectivity index (χ1v) is 11.9. The minimum Gasteiger partial charge on any atom is -0.356 e. The molecule has 7 heteroatoms. The van der Waals surface area contributed by atoms with Crippen molar-refractivity contribution < 1.29 is 17.6 Å². The Morgan fingerprint density at radius 2 is 1.86 bits per heavy atom. The van der Waals surface area contributed by atoms with E-state index >= 15 is 0 Å². The molecule has 0 spiro atoms. The van der Waals surface area contributed by atoms with E-state index in [4.69, 9.17) is 0 Å². The molecule has 1 aromatic carbocycles. The first kappa shape index (κ1) is 19.8. The van der Waals surface area contributed by atoms with Crippen LogP contribution in [0, 0.1) is 29.5 Å². The number of rotatable bonds is 6. The predicted molar refractivity (Wildman–Crippen MR) is 104 cm³/mol. The summed E-state index contributed by atoms with van der Waals surface area (Å²) in [7, 11) is -3.85. The summed E-state index contributed by atoms with van der Waals surface area (Å²) in [6.07, 6.45) is 7.48. The monoisotopic (exact) mass is 408 g/mol. The summed E-state index contributed by atoms with van der Waals surface area (Å²) in [5.74, 6) is 1.70. The van der Waals surface area contributed by atoms with Crippen molar-refractivity contribution in [3.05, 3.63) is 30.1 Å². The van der Waals surface area contributed by atoms with Gasteiger partial charge >= 0.3 is 0 Å². The standard InChI is InChI=1S/C21H29FN2O3S/c22-19-3-1-2-4-20(19)28(26,27)24-11-8-16(9-12-24)21(25)23-10-7-18-14-15-5-6-17(18)13-15/h1-4,15-18H,5-14H2,(H,23,25). The van der Waals surface area contributed by atoms with Crippen molar-refractivity contribution in [3.63, 3.8) is 0 Å². The van der Waals surface area contributed by atoms with Crippen LogP contribution < -0.4 is 5.32 Å². The molecular formula is C21H29FN2O3S. The van der Waals surface area contributed by atoms with Gasteiger partial charge in [-0.1, -0.05) is 18.6 Å². The van der Waals surface area contributed by atoms with Gasteiger partial charge in [0.2, 0.25) is 15.9 Å². The molecule has 2 aliphatic carbocycles. The third-order valence-electron chi connectivity index (χ3n) is 6.98. The Labute approximate surface area is 166 Å². The van der Waals surface area contributed by atoms with Gasteiger partial charge in [0.05, 0.1) is 0 Å². The summed E-state index contributed by atoms with van der Waals surface area (Å²) in [5.41, 5.74) is 0. The lowest BCUT2D eigenvalue weighted by atomic mass is 9.86. The van der Waals surface area contributed by atoms with Crippen LogP contribution in [0.3, 0.4) is 0 Å². The van der Waals surface area contributed by atoms with Crippen LogP contribution in [0.15, 0.2) is 29.2 Å². The molecule has 1 amide bonds. The van der Waals surface area contributed by atoms with Crippen molar-refractivity contribution in [3.8, 4) is 0 Å². The van der Waals surface area contributed by atoms with E-state index in [1.54, 1.807) is 0 Å². The molecule has 3 unspecified atom stereocenters. The van der Waals surface area contributed by atoms with E-state index in [1.807, 2.05) is 0 Å². The van der Waals surface area contributed by atoms with Gasteiger partial charge in [0, 0.05) is 25.6 Å². The molecule has 1 N–H and O–H groups in total. The minimum atomic E-state index is -3.85. The van der Waals surface area contributed by atoms with Crippen molar-refractivity contribution in [2.75, 3.05) is 19.6 Å². The van der Waals surface area contributed by atoms with Gasteiger partial charge in [-0.15, -0.1) is 0 Å². The second-order valence-corrected chi connectivity index (χ2v) is 10.5. The lowest BCUT2D eigenvalue weighted by Gasteiger charge is -2.30. The molecule has 1 aromatic rings. The van der Waals surface area contributed by atoms with Crippen molar-refractivity contribution in [2.45, 2.75) is 49.8 Å². The normalized spacial score (nSPS) is 28.5. The van der Waals surface area contributed by atoms with Crippen LogP contribution in [-0.2, 0) is 14.8 Å². The number of nitrogens with zero attached hydrogens (tertiary/aromatic N) is 1. The highest BCUT2D eigenvalue weighted by molar-refractivity contribution is 7.89. The fraction of sp³-hybridized carbons (Fsp3) is 0.667. The summed E-state index contributed by atoms with van der Waals surface area (Å²) in [6, 6.07) is 5.44. The fourth-order valence-corrected chi connectivity index (χ4v) is 6.94. The second kappa shape index (κ2) is 8.11. The topological polar surface area (TPSA) is 66.5 Å². The molecule has 3 fully saturated rings. The molecule has 1 aliphatic heterocycles. The first-order chi connectivity index (χ1) is 13.4. The number of nitrogens with one attached hydrogen (secondary N) is 1. The molecule has 2 bridgehead atoms. The summed E-state index contributed by atoms with van der Waals surface area (Å²) < 4.78 is 40.5. The maximum atomic E-state index is 13.9. The van der Waals surface area contributed by atoms with E-state index in [-0.39, 0.29) is 29.8 Å². The zero-order valence-electron chi connectivity index (χ0n) is 16.1. The van der Waals surface area contributed by atoms with Crippen molar-refractivity contribution in [1.29, 1.82) is 0 Å². The number of carbonyl (C=O) groups excluding carboxylic acids is 1. The first-order valence-electron chi connectivity index (χ1n) is 10.5. The molecule has 3 atom stereocenters. The Bertz CT molecular complexity index is 821. The van der Waals surface area contributed by atoms with Crippen molar-refractivity contribution >= 4 is 15.9 Å². The lowest BCUT2D eigenvalue weighted by Crippen LogP contribution is -2.43. The number of hydrogen-bond donors (Lipinski definition) is 1. The smallest absolute Gasteiger partial charge is 0.245 e. The van der Waals surface area contributed by atoms with E-state index in [2.05, 4.69) is 5.32 Å². The van der Waals surface area contributed by atoms with Crippen LogP contribution in [0.4, 0.5) is 4.39 Å². The van der Waals surface area contributed by atoms with E-state index in [0.717, 1.165) is 36.8 Å². The summed E-state index contributed by atoms with van der Waals surface area (Å²) in [6.45, 7) is 1.22. The van der Waals surface area contributed by atoms with Gasteiger partial charge in [-0.2, -0.15) is 4.31 Å². The van der Waals surface area contributed by atoms with Gasteiger partial charge in [0.25, 0.3) is 0 Å². The number of sulfonamides is 1. The zero-order chi connectivity index (χ0) is 19.7. The number of halogens is 1. The highest BCUT2D eigenvalue weighted by atomic mass is 32.2. The quantitative estimate of drug-likeness (QED) is 0.786. The SMILES string of the molecule is O=C(NCCC1CC2CCC1C2)C1CCN(S(=O)(=O)c2ccccc2F)CC1. The summed E-state index contributed by atoms with van der Waals surface area (Å²) in [5, 5.41) is 3.07. The minimum absolute atomic E-state index is 0.0334. The van der Waals surface area contributed by atoms with Crippen LogP contribution in [0.25, 0.3) is 0 Å². The second-order valence-electron chi connectivity index (χ2n) is 8.62. The zero-order valence-corrected chi connectivity index (χ0v) is 17.0. The Kier molecular flexibility index (Phi) is 5.74. The third-order valence-corrected chi connectivity index (χ3v) is 8.91. The Balaban J connectivity index is 1.24. The highest BCUT2D eigenvalue weighted by Gasteiger charge is 2.39. The van der Waals surface area contributed by atoms with Crippen molar-refractivity contribution in [2.24, 2.45) is 23.7 Å². The molecule has 1 heterocycles. The molecule has 5 nitrogen and oxygen atoms in total. The number of fused-ring (bicyclic) bond motifs is 2. The average molecular weight is 409 g/mol. The van der Waals surface area contributed by atoms with Crippen LogP contribution >= 0.6 is 0 Å². The average Bonchev–Trinajstić information content (AvgIpc) is 3.31. The maximum absolute atomic E-state index is 13.9. The Morgan fingerprint density at radius 3 is 2.50 bits per heavy atom. The third kappa shape index (κ3) is 3.96. The molecule has 3 aliphatic rings. The number of carbonyl (C=O) groups is 1. The van der Waals surface area contributed by atoms with Gasteiger partial charge in [-0.25, -0.2) is 12.8 Å². The van der Waals surface area contributed by atoms with Crippen LogP contribution in [-0.4, -0.2) is 38.3 Å². The Hall–Kier alpha value is -1.47. The van der Waals surface area contributed by atoms with Gasteiger partial charge < -0.3 is 5.32 Å². The summed E-state index contributed by atoms with van der Waals surface area (Å²) in [4.78, 5) is 12.2.